The molecule has 0 saturated carbocycles. The summed E-state index contributed by atoms with van der Waals surface area (Å²) in [6.45, 7) is 3.57. The van der Waals surface area contributed by atoms with Crippen LogP contribution in [-0.4, -0.2) is 5.78 Å². The first-order valence-electron chi connectivity index (χ1n) is 6.21. The van der Waals surface area contributed by atoms with Gasteiger partial charge in [0.15, 0.2) is 5.78 Å². The van der Waals surface area contributed by atoms with Gasteiger partial charge in [0.25, 0.3) is 0 Å². The summed E-state index contributed by atoms with van der Waals surface area (Å²) in [5.74, 6) is -0.163. The van der Waals surface area contributed by atoms with E-state index in [1.54, 1.807) is 26.0 Å². The van der Waals surface area contributed by atoms with Crippen molar-refractivity contribution in [3.8, 4) is 10.4 Å². The first-order valence-corrected chi connectivity index (χ1v) is 7.40. The van der Waals surface area contributed by atoms with Crippen LogP contribution >= 0.6 is 22.9 Å². The van der Waals surface area contributed by atoms with E-state index in [4.69, 9.17) is 11.6 Å². The van der Waals surface area contributed by atoms with Crippen molar-refractivity contribution in [2.24, 2.45) is 5.92 Å². The standard InChI is InChI=1S/C15H12ClF3OS/c1-8(2)14(20)13-6-5-12(21-13)9-3-4-11(16)10(7-9)15(17,18)19/h3-8H,1-2H3. The molecule has 0 fully saturated rings. The molecule has 0 amide bonds. The third-order valence-corrected chi connectivity index (χ3v) is 4.41. The minimum Gasteiger partial charge on any atom is -0.293 e. The van der Waals surface area contributed by atoms with Crippen molar-refractivity contribution in [1.29, 1.82) is 0 Å². The Morgan fingerprint density at radius 1 is 1.19 bits per heavy atom. The lowest BCUT2D eigenvalue weighted by Gasteiger charge is -2.10. The van der Waals surface area contributed by atoms with Crippen LogP contribution in [0.2, 0.25) is 5.02 Å². The molecule has 0 saturated heterocycles. The monoisotopic (exact) mass is 332 g/mol. The van der Waals surface area contributed by atoms with Crippen LogP contribution in [0, 0.1) is 5.92 Å². The number of alkyl halides is 3. The molecule has 2 aromatic rings. The number of Topliss-reactive ketones (excluding diaryl/α,β-unsaturated/α-hetero) is 1. The highest BCUT2D eigenvalue weighted by atomic mass is 35.5. The van der Waals surface area contributed by atoms with Crippen molar-refractivity contribution in [3.63, 3.8) is 0 Å². The quantitative estimate of drug-likeness (QED) is 0.637. The lowest BCUT2D eigenvalue weighted by molar-refractivity contribution is -0.137. The second kappa shape index (κ2) is 5.81. The second-order valence-electron chi connectivity index (χ2n) is 4.88. The lowest BCUT2D eigenvalue weighted by atomic mass is 10.1. The largest absolute Gasteiger partial charge is 0.417 e. The Kier molecular flexibility index (Phi) is 4.44. The number of ketones is 1. The summed E-state index contributed by atoms with van der Waals surface area (Å²) < 4.78 is 38.5. The minimum absolute atomic E-state index is 0.0174. The zero-order valence-electron chi connectivity index (χ0n) is 11.3. The highest BCUT2D eigenvalue weighted by Gasteiger charge is 2.33. The van der Waals surface area contributed by atoms with Crippen LogP contribution in [0.4, 0.5) is 13.2 Å². The predicted octanol–water partition coefficient (Wildman–Crippen LogP) is 5.93. The molecular formula is C15H12ClF3OS. The molecule has 1 aromatic heterocycles. The van der Waals surface area contributed by atoms with Gasteiger partial charge in [-0.25, -0.2) is 0 Å². The average Bonchev–Trinajstić information content (AvgIpc) is 2.86. The molecule has 112 valence electrons. The number of benzene rings is 1. The fourth-order valence-electron chi connectivity index (χ4n) is 1.81. The van der Waals surface area contributed by atoms with Crippen molar-refractivity contribution >= 4 is 28.7 Å². The number of thiophene rings is 1. The van der Waals surface area contributed by atoms with Crippen LogP contribution < -0.4 is 0 Å². The van der Waals surface area contributed by atoms with E-state index < -0.39 is 11.7 Å². The first-order chi connectivity index (χ1) is 9.70. The van der Waals surface area contributed by atoms with Gasteiger partial charge in [0.05, 0.1) is 15.5 Å². The van der Waals surface area contributed by atoms with E-state index in [0.29, 0.717) is 15.3 Å². The molecule has 0 radical (unpaired) electrons. The number of rotatable bonds is 3. The summed E-state index contributed by atoms with van der Waals surface area (Å²) in [7, 11) is 0. The zero-order chi connectivity index (χ0) is 15.8. The van der Waals surface area contributed by atoms with E-state index in [-0.39, 0.29) is 16.7 Å². The van der Waals surface area contributed by atoms with Crippen LogP contribution in [0.3, 0.4) is 0 Å². The number of carbonyl (C=O) groups excluding carboxylic acids is 1. The summed E-state index contributed by atoms with van der Waals surface area (Å²) in [6, 6.07) is 7.06. The highest BCUT2D eigenvalue weighted by Crippen LogP contribution is 2.38. The Morgan fingerprint density at radius 3 is 2.43 bits per heavy atom. The molecule has 0 bridgehead atoms. The van der Waals surface area contributed by atoms with Crippen molar-refractivity contribution < 1.29 is 18.0 Å². The Balaban J connectivity index is 2.42. The fourth-order valence-corrected chi connectivity index (χ4v) is 3.12. The van der Waals surface area contributed by atoms with E-state index in [2.05, 4.69) is 0 Å². The molecular weight excluding hydrogens is 321 g/mol. The summed E-state index contributed by atoms with van der Waals surface area (Å²) in [5.41, 5.74) is -0.466. The number of carbonyl (C=O) groups is 1. The van der Waals surface area contributed by atoms with Gasteiger partial charge in [0, 0.05) is 10.8 Å². The van der Waals surface area contributed by atoms with E-state index in [1.807, 2.05) is 0 Å². The van der Waals surface area contributed by atoms with Crippen LogP contribution in [-0.2, 0) is 6.18 Å². The molecule has 21 heavy (non-hydrogen) atoms. The van der Waals surface area contributed by atoms with Gasteiger partial charge in [-0.2, -0.15) is 13.2 Å². The van der Waals surface area contributed by atoms with Crippen molar-refractivity contribution in [2.75, 3.05) is 0 Å². The lowest BCUT2D eigenvalue weighted by Crippen LogP contribution is -2.05. The van der Waals surface area contributed by atoms with Gasteiger partial charge in [-0.15, -0.1) is 11.3 Å². The molecule has 0 aliphatic heterocycles. The van der Waals surface area contributed by atoms with Gasteiger partial charge >= 0.3 is 6.18 Å². The number of hydrogen-bond acceptors (Lipinski definition) is 2. The summed E-state index contributed by atoms with van der Waals surface area (Å²) >= 11 is 6.78. The van der Waals surface area contributed by atoms with E-state index >= 15 is 0 Å². The summed E-state index contributed by atoms with van der Waals surface area (Å²) in [4.78, 5) is 13.0. The molecule has 1 aromatic carbocycles. The van der Waals surface area contributed by atoms with Gasteiger partial charge in [0.1, 0.15) is 0 Å². The molecule has 0 N–H and O–H groups in total. The Morgan fingerprint density at radius 2 is 1.86 bits per heavy atom. The number of hydrogen-bond donors (Lipinski definition) is 0. The molecule has 2 rings (SSSR count). The normalized spacial score (nSPS) is 12.0. The molecule has 0 unspecified atom stereocenters. The van der Waals surface area contributed by atoms with Crippen molar-refractivity contribution in [1.82, 2.24) is 0 Å². The smallest absolute Gasteiger partial charge is 0.293 e. The maximum atomic E-state index is 12.8. The highest BCUT2D eigenvalue weighted by molar-refractivity contribution is 7.17. The molecule has 1 heterocycles. The average molecular weight is 333 g/mol. The Hall–Kier alpha value is -1.33. The zero-order valence-corrected chi connectivity index (χ0v) is 12.9. The molecule has 1 nitrogen and oxygen atoms in total. The van der Waals surface area contributed by atoms with Crippen molar-refractivity contribution in [3.05, 3.63) is 45.8 Å². The van der Waals surface area contributed by atoms with E-state index in [1.165, 1.54) is 23.5 Å². The van der Waals surface area contributed by atoms with E-state index in [9.17, 15) is 18.0 Å². The Labute approximate surface area is 129 Å². The van der Waals surface area contributed by atoms with Crippen LogP contribution in [0.25, 0.3) is 10.4 Å². The SMILES string of the molecule is CC(C)C(=O)c1ccc(-c2ccc(Cl)c(C(F)(F)F)c2)s1. The first kappa shape index (κ1) is 16.0. The van der Waals surface area contributed by atoms with Gasteiger partial charge in [0.2, 0.25) is 0 Å². The molecule has 6 heteroatoms. The molecule has 0 aliphatic carbocycles. The van der Waals surface area contributed by atoms with Gasteiger partial charge < -0.3 is 0 Å². The second-order valence-corrected chi connectivity index (χ2v) is 6.37. The maximum absolute atomic E-state index is 12.8. The van der Waals surface area contributed by atoms with Crippen LogP contribution in [0.5, 0.6) is 0 Å². The van der Waals surface area contributed by atoms with Crippen molar-refractivity contribution in [2.45, 2.75) is 20.0 Å². The van der Waals surface area contributed by atoms with Gasteiger partial charge in [-0.05, 0) is 29.8 Å². The molecule has 0 spiro atoms. The Bertz CT molecular complexity index is 674. The topological polar surface area (TPSA) is 17.1 Å². The predicted molar refractivity (Wildman–Crippen MR) is 78.9 cm³/mol. The summed E-state index contributed by atoms with van der Waals surface area (Å²) in [5, 5.41) is -0.332. The van der Waals surface area contributed by atoms with Crippen LogP contribution in [0.15, 0.2) is 30.3 Å². The third-order valence-electron chi connectivity index (χ3n) is 2.93. The fraction of sp³-hybridized carbons (Fsp3) is 0.267. The van der Waals surface area contributed by atoms with E-state index in [0.717, 1.165) is 6.07 Å². The molecule has 0 aliphatic rings. The third kappa shape index (κ3) is 3.47. The van der Waals surface area contributed by atoms with Crippen LogP contribution in [0.1, 0.15) is 29.1 Å². The maximum Gasteiger partial charge on any atom is 0.417 e. The van der Waals surface area contributed by atoms with Gasteiger partial charge in [-0.3, -0.25) is 4.79 Å². The van der Waals surface area contributed by atoms with Gasteiger partial charge in [-0.1, -0.05) is 31.5 Å². The molecule has 0 atom stereocenters. The summed E-state index contributed by atoms with van der Waals surface area (Å²) in [6.07, 6.45) is -4.50. The number of halogens is 4. The minimum atomic E-state index is -4.50.